The third kappa shape index (κ3) is 3.55. The molecular weight excluding hydrogens is 380 g/mol. The number of nitrogens with one attached hydrogen (secondary N) is 2. The van der Waals surface area contributed by atoms with Crippen molar-refractivity contribution < 1.29 is 9.59 Å². The van der Waals surface area contributed by atoms with Gasteiger partial charge in [-0.05, 0) is 42.5 Å². The Morgan fingerprint density at radius 2 is 1.73 bits per heavy atom. The summed E-state index contributed by atoms with van der Waals surface area (Å²) in [6.45, 7) is 0.0903. The lowest BCUT2D eigenvalue weighted by Gasteiger charge is -2.07. The Morgan fingerprint density at radius 1 is 0.967 bits per heavy atom. The zero-order valence-electron chi connectivity index (χ0n) is 16.2. The summed E-state index contributed by atoms with van der Waals surface area (Å²) in [6.07, 6.45) is 3.92. The van der Waals surface area contributed by atoms with Gasteiger partial charge in [0.2, 0.25) is 5.82 Å². The number of hydrogen-bond acceptors (Lipinski definition) is 4. The highest BCUT2D eigenvalue weighted by molar-refractivity contribution is 5.92. The van der Waals surface area contributed by atoms with Crippen LogP contribution in [0.15, 0.2) is 66.9 Å². The number of hydrogen-bond donors (Lipinski definition) is 2. The number of amides is 2. The monoisotopic (exact) mass is 400 g/mol. The van der Waals surface area contributed by atoms with Crippen LogP contribution < -0.4 is 10.9 Å². The first-order valence-corrected chi connectivity index (χ1v) is 9.84. The summed E-state index contributed by atoms with van der Waals surface area (Å²) in [5.74, 6) is 0.242. The van der Waals surface area contributed by atoms with Crippen LogP contribution in [0.5, 0.6) is 0 Å². The molecule has 0 radical (unpaired) electrons. The van der Waals surface area contributed by atoms with Crippen molar-refractivity contribution in [3.8, 4) is 5.69 Å². The molecule has 2 aromatic carbocycles. The highest BCUT2D eigenvalue weighted by Gasteiger charge is 2.31. The fraction of sp³-hybridized carbons (Fsp3) is 0.182. The highest BCUT2D eigenvalue weighted by atomic mass is 16.2. The second-order valence-corrected chi connectivity index (χ2v) is 7.32. The van der Waals surface area contributed by atoms with Crippen LogP contribution in [0, 0.1) is 0 Å². The highest BCUT2D eigenvalue weighted by Crippen LogP contribution is 2.39. The first-order valence-electron chi connectivity index (χ1n) is 9.84. The molecule has 2 aromatic heterocycles. The predicted octanol–water partition coefficient (Wildman–Crippen LogP) is 2.56. The van der Waals surface area contributed by atoms with E-state index < -0.39 is 5.91 Å². The average Bonchev–Trinajstić information content (AvgIpc) is 3.40. The fourth-order valence-electron chi connectivity index (χ4n) is 3.44. The van der Waals surface area contributed by atoms with Crippen LogP contribution in [0.2, 0.25) is 0 Å². The fourth-order valence-corrected chi connectivity index (χ4v) is 3.44. The van der Waals surface area contributed by atoms with Gasteiger partial charge in [-0.15, -0.1) is 5.10 Å². The molecule has 0 atom stereocenters. The van der Waals surface area contributed by atoms with Gasteiger partial charge in [-0.1, -0.05) is 36.4 Å². The largest absolute Gasteiger partial charge is 0.338 e. The number of hydrazine groups is 1. The average molecular weight is 400 g/mol. The number of benzene rings is 2. The Kier molecular flexibility index (Phi) is 4.51. The summed E-state index contributed by atoms with van der Waals surface area (Å²) in [7, 11) is 0. The van der Waals surface area contributed by atoms with Crippen molar-refractivity contribution in [2.24, 2.45) is 0 Å². The van der Waals surface area contributed by atoms with Gasteiger partial charge >= 0.3 is 5.91 Å². The SMILES string of the molecule is O=C(Cn1ccc2ccccc21)NNC(=O)c1nc(C2CC2)n(-c2ccccc2)n1. The molecule has 1 saturated carbocycles. The third-order valence-corrected chi connectivity index (χ3v) is 5.09. The van der Waals surface area contributed by atoms with Gasteiger partial charge in [0.25, 0.3) is 5.91 Å². The summed E-state index contributed by atoms with van der Waals surface area (Å²) < 4.78 is 3.53. The van der Waals surface area contributed by atoms with Crippen molar-refractivity contribution in [3.63, 3.8) is 0 Å². The number of aromatic nitrogens is 4. The Balaban J connectivity index is 1.27. The van der Waals surface area contributed by atoms with Gasteiger partial charge in [0.1, 0.15) is 12.4 Å². The van der Waals surface area contributed by atoms with E-state index in [1.165, 1.54) is 0 Å². The minimum Gasteiger partial charge on any atom is -0.338 e. The maximum Gasteiger partial charge on any atom is 0.309 e. The van der Waals surface area contributed by atoms with Crippen molar-refractivity contribution in [2.45, 2.75) is 25.3 Å². The first kappa shape index (κ1) is 18.1. The quantitative estimate of drug-likeness (QED) is 0.504. The first-order chi connectivity index (χ1) is 14.7. The maximum absolute atomic E-state index is 12.5. The van der Waals surface area contributed by atoms with Crippen LogP contribution in [0.3, 0.4) is 0 Å². The van der Waals surface area contributed by atoms with Gasteiger partial charge in [-0.2, -0.15) is 0 Å². The molecule has 30 heavy (non-hydrogen) atoms. The second-order valence-electron chi connectivity index (χ2n) is 7.32. The van der Waals surface area contributed by atoms with Gasteiger partial charge in [-0.3, -0.25) is 20.4 Å². The predicted molar refractivity (Wildman–Crippen MR) is 111 cm³/mol. The molecular formula is C22H20N6O2. The van der Waals surface area contributed by atoms with E-state index in [4.69, 9.17) is 0 Å². The number of rotatable bonds is 5. The second kappa shape index (κ2) is 7.47. The van der Waals surface area contributed by atoms with Crippen LogP contribution >= 0.6 is 0 Å². The van der Waals surface area contributed by atoms with Gasteiger partial charge in [0.05, 0.1) is 5.69 Å². The molecule has 2 N–H and O–H groups in total. The Labute approximate surface area is 172 Å². The summed E-state index contributed by atoms with van der Waals surface area (Å²) in [5, 5.41) is 5.43. The number of para-hydroxylation sites is 2. The summed E-state index contributed by atoms with van der Waals surface area (Å²) in [4.78, 5) is 29.3. The van der Waals surface area contributed by atoms with E-state index in [0.29, 0.717) is 5.92 Å². The summed E-state index contributed by atoms with van der Waals surface area (Å²) in [5.41, 5.74) is 6.68. The van der Waals surface area contributed by atoms with E-state index in [0.717, 1.165) is 35.3 Å². The summed E-state index contributed by atoms with van der Waals surface area (Å²) in [6, 6.07) is 19.3. The molecule has 1 fully saturated rings. The molecule has 0 bridgehead atoms. The molecule has 8 heteroatoms. The number of nitrogens with zero attached hydrogens (tertiary/aromatic N) is 4. The molecule has 8 nitrogen and oxygen atoms in total. The van der Waals surface area contributed by atoms with Crippen molar-refractivity contribution >= 4 is 22.7 Å². The lowest BCUT2D eigenvalue weighted by atomic mass is 10.2. The molecule has 4 aromatic rings. The zero-order valence-corrected chi connectivity index (χ0v) is 16.2. The lowest BCUT2D eigenvalue weighted by Crippen LogP contribution is -2.43. The standard InChI is InChI=1S/C22H20N6O2/c29-19(14-27-13-12-15-6-4-5-9-18(15)27)24-25-22(30)20-23-21(16-10-11-16)28(26-20)17-7-2-1-3-8-17/h1-9,12-13,16H,10-11,14H2,(H,24,29)(H,25,30). The molecule has 2 heterocycles. The van der Waals surface area contributed by atoms with Crippen molar-refractivity contribution in [2.75, 3.05) is 0 Å². The number of carbonyl (C=O) groups excluding carboxylic acids is 2. The van der Waals surface area contributed by atoms with Crippen LogP contribution in [0.4, 0.5) is 0 Å². The molecule has 1 aliphatic carbocycles. The normalized spacial score (nSPS) is 13.3. The minimum absolute atomic E-state index is 0.0347. The van der Waals surface area contributed by atoms with Crippen LogP contribution in [-0.2, 0) is 11.3 Å². The topological polar surface area (TPSA) is 93.8 Å². The zero-order chi connectivity index (χ0) is 20.5. The summed E-state index contributed by atoms with van der Waals surface area (Å²) >= 11 is 0. The van der Waals surface area contributed by atoms with E-state index >= 15 is 0 Å². The number of carbonyl (C=O) groups is 2. The maximum atomic E-state index is 12.5. The molecule has 5 rings (SSSR count). The smallest absolute Gasteiger partial charge is 0.309 e. The Bertz CT molecular complexity index is 1220. The Morgan fingerprint density at radius 3 is 2.53 bits per heavy atom. The van der Waals surface area contributed by atoms with Crippen molar-refractivity contribution in [1.82, 2.24) is 30.2 Å². The van der Waals surface area contributed by atoms with Crippen LogP contribution in [-0.4, -0.2) is 31.1 Å². The molecule has 0 saturated heterocycles. The van der Waals surface area contributed by atoms with E-state index in [1.807, 2.05) is 71.4 Å². The van der Waals surface area contributed by atoms with E-state index in [9.17, 15) is 9.59 Å². The van der Waals surface area contributed by atoms with Crippen molar-refractivity contribution in [1.29, 1.82) is 0 Å². The molecule has 2 amide bonds. The van der Waals surface area contributed by atoms with Crippen LogP contribution in [0.25, 0.3) is 16.6 Å². The van der Waals surface area contributed by atoms with E-state index in [1.54, 1.807) is 4.68 Å². The molecule has 0 spiro atoms. The minimum atomic E-state index is -0.544. The van der Waals surface area contributed by atoms with Gasteiger partial charge in [0.15, 0.2) is 0 Å². The van der Waals surface area contributed by atoms with Gasteiger partial charge in [0, 0.05) is 17.6 Å². The van der Waals surface area contributed by atoms with E-state index in [2.05, 4.69) is 20.9 Å². The molecule has 1 aliphatic rings. The number of fused-ring (bicyclic) bond motifs is 1. The molecule has 0 unspecified atom stereocenters. The van der Waals surface area contributed by atoms with Gasteiger partial charge < -0.3 is 4.57 Å². The van der Waals surface area contributed by atoms with Crippen LogP contribution in [0.1, 0.15) is 35.2 Å². The van der Waals surface area contributed by atoms with Crippen molar-refractivity contribution in [3.05, 3.63) is 78.5 Å². The molecule has 0 aliphatic heterocycles. The third-order valence-electron chi connectivity index (χ3n) is 5.09. The lowest BCUT2D eigenvalue weighted by molar-refractivity contribution is -0.122. The van der Waals surface area contributed by atoms with E-state index in [-0.39, 0.29) is 18.3 Å². The Hall–Kier alpha value is -3.94. The van der Waals surface area contributed by atoms with Gasteiger partial charge in [-0.25, -0.2) is 9.67 Å². The molecule has 150 valence electrons.